The molecular formula is C27H30N2O3. The standard InChI is InChI=1S/C27H30N2O3/c1-2-29-23-6-4-3-5-21(23)22-12-20(7-8-24(22)29)28-25(30)16-32-26(31)27-13-17-9-18(14-27)11-19(10-17)15-27/h3-8,12,17-19H,2,9-11,13-16H2,1H3,(H,28,30). The van der Waals surface area contributed by atoms with Gasteiger partial charge in [0.15, 0.2) is 6.61 Å². The van der Waals surface area contributed by atoms with Gasteiger partial charge in [0, 0.05) is 34.0 Å². The number of esters is 1. The summed E-state index contributed by atoms with van der Waals surface area (Å²) in [5.74, 6) is 1.62. The zero-order valence-corrected chi connectivity index (χ0v) is 18.6. The number of nitrogens with zero attached hydrogens (tertiary/aromatic N) is 1. The third-order valence-electron chi connectivity index (χ3n) is 8.18. The van der Waals surface area contributed by atoms with Gasteiger partial charge in [-0.3, -0.25) is 9.59 Å². The van der Waals surface area contributed by atoms with Gasteiger partial charge in [-0.15, -0.1) is 0 Å². The molecule has 1 amide bonds. The summed E-state index contributed by atoms with van der Waals surface area (Å²) >= 11 is 0. The summed E-state index contributed by atoms with van der Waals surface area (Å²) in [7, 11) is 0. The molecule has 4 fully saturated rings. The van der Waals surface area contributed by atoms with Crippen molar-refractivity contribution in [1.29, 1.82) is 0 Å². The van der Waals surface area contributed by atoms with Gasteiger partial charge in [0.2, 0.25) is 0 Å². The van der Waals surface area contributed by atoms with Crippen molar-refractivity contribution in [2.75, 3.05) is 11.9 Å². The van der Waals surface area contributed by atoms with Crippen molar-refractivity contribution < 1.29 is 14.3 Å². The van der Waals surface area contributed by atoms with Gasteiger partial charge < -0.3 is 14.6 Å². The lowest BCUT2D eigenvalue weighted by atomic mass is 9.49. The van der Waals surface area contributed by atoms with E-state index >= 15 is 0 Å². The summed E-state index contributed by atoms with van der Waals surface area (Å²) < 4.78 is 7.87. The van der Waals surface area contributed by atoms with Crippen LogP contribution in [0.3, 0.4) is 0 Å². The molecule has 4 aliphatic rings. The van der Waals surface area contributed by atoms with Crippen molar-refractivity contribution in [2.24, 2.45) is 23.2 Å². The van der Waals surface area contributed by atoms with Crippen LogP contribution in [0.1, 0.15) is 45.4 Å². The number of anilines is 1. The topological polar surface area (TPSA) is 60.3 Å². The largest absolute Gasteiger partial charge is 0.455 e. The maximum absolute atomic E-state index is 13.0. The molecule has 166 valence electrons. The molecule has 1 aromatic heterocycles. The molecule has 0 saturated heterocycles. The Hall–Kier alpha value is -2.82. The molecule has 1 N–H and O–H groups in total. The molecule has 0 radical (unpaired) electrons. The number of nitrogens with one attached hydrogen (secondary N) is 1. The Morgan fingerprint density at radius 2 is 1.62 bits per heavy atom. The lowest BCUT2D eigenvalue weighted by Crippen LogP contribution is -2.50. The van der Waals surface area contributed by atoms with Crippen molar-refractivity contribution in [3.8, 4) is 0 Å². The van der Waals surface area contributed by atoms with Crippen LogP contribution in [0.2, 0.25) is 0 Å². The Labute approximate surface area is 188 Å². The SMILES string of the molecule is CCn1c2ccccc2c2cc(NC(=O)COC(=O)C34CC5CC(CC(C5)C3)C4)ccc21. The quantitative estimate of drug-likeness (QED) is 0.543. The molecule has 2 aromatic carbocycles. The number of carbonyl (C=O) groups is 2. The Bertz CT molecular complexity index is 1190. The third kappa shape index (κ3) is 3.13. The number of aromatic nitrogens is 1. The molecule has 0 aliphatic heterocycles. The Balaban J connectivity index is 1.15. The lowest BCUT2D eigenvalue weighted by molar-refractivity contribution is -0.172. The summed E-state index contributed by atoms with van der Waals surface area (Å²) in [5.41, 5.74) is 2.75. The van der Waals surface area contributed by atoms with Crippen LogP contribution in [0.15, 0.2) is 42.5 Å². The predicted molar refractivity (Wildman–Crippen MR) is 125 cm³/mol. The zero-order valence-electron chi connectivity index (χ0n) is 18.6. The van der Waals surface area contributed by atoms with E-state index in [-0.39, 0.29) is 23.9 Å². The molecule has 32 heavy (non-hydrogen) atoms. The highest BCUT2D eigenvalue weighted by molar-refractivity contribution is 6.09. The first-order valence-electron chi connectivity index (χ1n) is 12.0. The first-order valence-corrected chi connectivity index (χ1v) is 12.0. The molecule has 4 saturated carbocycles. The zero-order chi connectivity index (χ0) is 21.9. The Morgan fingerprint density at radius 3 is 2.31 bits per heavy atom. The minimum atomic E-state index is -0.323. The summed E-state index contributed by atoms with van der Waals surface area (Å²) in [5, 5.41) is 5.22. The second kappa shape index (κ2) is 7.36. The molecule has 5 nitrogen and oxygen atoms in total. The molecular weight excluding hydrogens is 400 g/mol. The molecule has 4 bridgehead atoms. The lowest BCUT2D eigenvalue weighted by Gasteiger charge is -2.55. The van der Waals surface area contributed by atoms with Gasteiger partial charge in [-0.25, -0.2) is 0 Å². The number of benzene rings is 2. The molecule has 5 heteroatoms. The molecule has 3 aromatic rings. The summed E-state index contributed by atoms with van der Waals surface area (Å²) in [4.78, 5) is 25.6. The van der Waals surface area contributed by atoms with Gasteiger partial charge in [0.05, 0.1) is 5.41 Å². The number of para-hydroxylation sites is 1. The van der Waals surface area contributed by atoms with E-state index in [0.29, 0.717) is 17.8 Å². The molecule has 0 atom stereocenters. The first-order chi connectivity index (χ1) is 15.5. The van der Waals surface area contributed by atoms with E-state index in [9.17, 15) is 9.59 Å². The van der Waals surface area contributed by atoms with E-state index in [4.69, 9.17) is 4.74 Å². The molecule has 0 unspecified atom stereocenters. The van der Waals surface area contributed by atoms with Crippen molar-refractivity contribution in [3.05, 3.63) is 42.5 Å². The van der Waals surface area contributed by atoms with Crippen LogP contribution in [-0.4, -0.2) is 23.1 Å². The van der Waals surface area contributed by atoms with Crippen molar-refractivity contribution in [1.82, 2.24) is 4.57 Å². The third-order valence-corrected chi connectivity index (χ3v) is 8.18. The summed E-state index contributed by atoms with van der Waals surface area (Å²) in [6.07, 6.45) is 6.71. The van der Waals surface area contributed by atoms with Gasteiger partial charge >= 0.3 is 5.97 Å². The number of fused-ring (bicyclic) bond motifs is 3. The average Bonchev–Trinajstić information content (AvgIpc) is 3.09. The maximum atomic E-state index is 13.0. The molecule has 4 aliphatic carbocycles. The minimum Gasteiger partial charge on any atom is -0.455 e. The van der Waals surface area contributed by atoms with E-state index < -0.39 is 0 Å². The number of hydrogen-bond acceptors (Lipinski definition) is 3. The van der Waals surface area contributed by atoms with Crippen molar-refractivity contribution in [2.45, 2.75) is 52.0 Å². The Morgan fingerprint density at radius 1 is 0.969 bits per heavy atom. The van der Waals surface area contributed by atoms with Crippen LogP contribution in [0.4, 0.5) is 5.69 Å². The number of carbonyl (C=O) groups excluding carboxylic acids is 2. The van der Waals surface area contributed by atoms with Gasteiger partial charge in [0.1, 0.15) is 0 Å². The van der Waals surface area contributed by atoms with E-state index in [1.165, 1.54) is 30.2 Å². The van der Waals surface area contributed by atoms with Crippen molar-refractivity contribution >= 4 is 39.4 Å². The molecule has 1 heterocycles. The van der Waals surface area contributed by atoms with Gasteiger partial charge in [0.25, 0.3) is 5.91 Å². The van der Waals surface area contributed by atoms with Gasteiger partial charge in [-0.1, -0.05) is 18.2 Å². The first kappa shape index (κ1) is 19.8. The maximum Gasteiger partial charge on any atom is 0.312 e. The van der Waals surface area contributed by atoms with Crippen LogP contribution in [0, 0.1) is 23.2 Å². The number of rotatable bonds is 5. The minimum absolute atomic E-state index is 0.145. The fraction of sp³-hybridized carbons (Fsp3) is 0.481. The van der Waals surface area contributed by atoms with Gasteiger partial charge in [-0.05, 0) is 87.5 Å². The summed E-state index contributed by atoms with van der Waals surface area (Å²) in [6, 6.07) is 14.3. The second-order valence-corrected chi connectivity index (χ2v) is 10.3. The molecule has 0 spiro atoms. The number of ether oxygens (including phenoxy) is 1. The van der Waals surface area contributed by atoms with E-state index in [1.807, 2.05) is 24.3 Å². The van der Waals surface area contributed by atoms with Crippen LogP contribution in [-0.2, 0) is 20.9 Å². The number of amides is 1. The van der Waals surface area contributed by atoms with E-state index in [1.54, 1.807) is 0 Å². The van der Waals surface area contributed by atoms with Crippen LogP contribution in [0.5, 0.6) is 0 Å². The number of aryl methyl sites for hydroxylation is 1. The smallest absolute Gasteiger partial charge is 0.312 e. The van der Waals surface area contributed by atoms with Crippen LogP contribution >= 0.6 is 0 Å². The van der Waals surface area contributed by atoms with Gasteiger partial charge in [-0.2, -0.15) is 0 Å². The van der Waals surface area contributed by atoms with Crippen LogP contribution < -0.4 is 5.32 Å². The monoisotopic (exact) mass is 430 g/mol. The average molecular weight is 431 g/mol. The van der Waals surface area contributed by atoms with E-state index in [2.05, 4.69) is 35.0 Å². The second-order valence-electron chi connectivity index (χ2n) is 10.3. The Kier molecular flexibility index (Phi) is 4.56. The van der Waals surface area contributed by atoms with Crippen molar-refractivity contribution in [3.63, 3.8) is 0 Å². The normalized spacial score (nSPS) is 28.3. The fourth-order valence-corrected chi connectivity index (χ4v) is 7.31. The fourth-order valence-electron chi connectivity index (χ4n) is 7.31. The van der Waals surface area contributed by atoms with E-state index in [0.717, 1.165) is 42.4 Å². The highest BCUT2D eigenvalue weighted by Gasteiger charge is 2.55. The number of hydrogen-bond donors (Lipinski definition) is 1. The molecule has 7 rings (SSSR count). The highest BCUT2D eigenvalue weighted by atomic mass is 16.5. The predicted octanol–water partition coefficient (Wildman–Crippen LogP) is 5.51. The van der Waals surface area contributed by atoms with Crippen LogP contribution in [0.25, 0.3) is 21.8 Å². The highest BCUT2D eigenvalue weighted by Crippen LogP contribution is 2.60. The summed E-state index contributed by atoms with van der Waals surface area (Å²) in [6.45, 7) is 2.81.